The van der Waals surface area contributed by atoms with Gasteiger partial charge in [0.2, 0.25) is 5.91 Å². The van der Waals surface area contributed by atoms with Gasteiger partial charge in [0.05, 0.1) is 11.7 Å². The molecule has 4 nitrogen and oxygen atoms in total. The van der Waals surface area contributed by atoms with Crippen molar-refractivity contribution in [3.05, 3.63) is 0 Å². The number of amides is 1. The first kappa shape index (κ1) is 13.4. The fraction of sp³-hybridized carbons (Fsp3) is 0.933. The quantitative estimate of drug-likeness (QED) is 0.845. The summed E-state index contributed by atoms with van der Waals surface area (Å²) in [5.74, 6) is 0.970. The summed E-state index contributed by atoms with van der Waals surface area (Å²) in [4.78, 5) is 14.9. The van der Waals surface area contributed by atoms with E-state index < -0.39 is 0 Å². The summed E-state index contributed by atoms with van der Waals surface area (Å²) in [7, 11) is 0. The van der Waals surface area contributed by atoms with E-state index in [1.165, 1.54) is 0 Å². The van der Waals surface area contributed by atoms with Crippen LogP contribution < -0.4 is 5.32 Å². The Bertz CT molecular complexity index is 348. The predicted molar refractivity (Wildman–Crippen MR) is 73.6 cm³/mol. The van der Waals surface area contributed by atoms with Crippen molar-refractivity contribution in [1.29, 1.82) is 0 Å². The molecule has 0 aromatic carbocycles. The van der Waals surface area contributed by atoms with Gasteiger partial charge in [-0.25, -0.2) is 0 Å². The highest BCUT2D eigenvalue weighted by molar-refractivity contribution is 5.92. The fourth-order valence-electron chi connectivity index (χ4n) is 3.70. The van der Waals surface area contributed by atoms with Gasteiger partial charge in [-0.15, -0.1) is 0 Å². The molecular weight excluding hydrogens is 240 g/mol. The van der Waals surface area contributed by atoms with E-state index in [2.05, 4.69) is 24.1 Å². The zero-order chi connectivity index (χ0) is 13.5. The highest BCUT2D eigenvalue weighted by atomic mass is 16.5. The third kappa shape index (κ3) is 2.29. The zero-order valence-electron chi connectivity index (χ0n) is 12.2. The van der Waals surface area contributed by atoms with Crippen LogP contribution in [-0.4, -0.2) is 41.8 Å². The molecule has 108 valence electrons. The van der Waals surface area contributed by atoms with Gasteiger partial charge in [-0.2, -0.15) is 0 Å². The molecule has 0 bridgehead atoms. The molecule has 4 heteroatoms. The maximum absolute atomic E-state index is 12.7. The number of ether oxygens (including phenoxy) is 1. The number of carbonyl (C=O) groups is 1. The molecule has 2 atom stereocenters. The summed E-state index contributed by atoms with van der Waals surface area (Å²) in [5, 5.41) is 3.61. The van der Waals surface area contributed by atoms with E-state index in [0.29, 0.717) is 17.9 Å². The van der Waals surface area contributed by atoms with Crippen LogP contribution in [0.15, 0.2) is 0 Å². The lowest BCUT2D eigenvalue weighted by atomic mass is 9.91. The van der Waals surface area contributed by atoms with Gasteiger partial charge in [0.15, 0.2) is 0 Å². The standard InChI is InChI=1S/C15H26N2O2/c1-3-4-13-16-15(7-8-15)14(18)17(13)11(2)12-5-9-19-10-6-12/h11-13,16H,3-10H2,1-2H3. The molecule has 2 heterocycles. The molecule has 1 spiro atoms. The molecule has 3 rings (SSSR count). The summed E-state index contributed by atoms with van der Waals surface area (Å²) >= 11 is 0. The fourth-order valence-corrected chi connectivity index (χ4v) is 3.70. The molecule has 3 aliphatic rings. The van der Waals surface area contributed by atoms with Gasteiger partial charge >= 0.3 is 0 Å². The Hall–Kier alpha value is -0.610. The van der Waals surface area contributed by atoms with E-state index in [1.54, 1.807) is 0 Å². The Morgan fingerprint density at radius 1 is 1.42 bits per heavy atom. The van der Waals surface area contributed by atoms with E-state index in [0.717, 1.165) is 51.7 Å². The van der Waals surface area contributed by atoms with Crippen LogP contribution in [0.5, 0.6) is 0 Å². The normalized spacial score (nSPS) is 32.0. The summed E-state index contributed by atoms with van der Waals surface area (Å²) in [6.45, 7) is 6.14. The molecule has 0 aromatic heterocycles. The Kier molecular flexibility index (Phi) is 3.56. The van der Waals surface area contributed by atoms with Gasteiger partial charge in [0, 0.05) is 19.3 Å². The molecule has 0 radical (unpaired) electrons. The molecule has 1 N–H and O–H groups in total. The molecule has 19 heavy (non-hydrogen) atoms. The van der Waals surface area contributed by atoms with Gasteiger partial charge in [0.25, 0.3) is 0 Å². The molecular formula is C15H26N2O2. The number of hydrogen-bond acceptors (Lipinski definition) is 3. The van der Waals surface area contributed by atoms with Gasteiger partial charge in [-0.3, -0.25) is 10.1 Å². The largest absolute Gasteiger partial charge is 0.381 e. The lowest BCUT2D eigenvalue weighted by Gasteiger charge is -2.37. The van der Waals surface area contributed by atoms with Gasteiger partial charge in [0.1, 0.15) is 0 Å². The Morgan fingerprint density at radius 2 is 2.11 bits per heavy atom. The number of nitrogens with one attached hydrogen (secondary N) is 1. The summed E-state index contributed by atoms with van der Waals surface area (Å²) in [6.07, 6.45) is 6.71. The minimum atomic E-state index is -0.167. The Balaban J connectivity index is 1.73. The lowest BCUT2D eigenvalue weighted by molar-refractivity contribution is -0.134. The first-order chi connectivity index (χ1) is 9.18. The smallest absolute Gasteiger partial charge is 0.244 e. The lowest BCUT2D eigenvalue weighted by Crippen LogP contribution is -2.47. The highest BCUT2D eigenvalue weighted by Gasteiger charge is 2.59. The molecule has 1 aliphatic carbocycles. The molecule has 3 fully saturated rings. The molecule has 0 aromatic rings. The Labute approximate surface area is 115 Å². The summed E-state index contributed by atoms with van der Waals surface area (Å²) in [6, 6.07) is 0.348. The van der Waals surface area contributed by atoms with E-state index in [-0.39, 0.29) is 11.7 Å². The second-order valence-electron chi connectivity index (χ2n) is 6.43. The average Bonchev–Trinajstić information content (AvgIpc) is 3.15. The first-order valence-corrected chi connectivity index (χ1v) is 7.86. The van der Waals surface area contributed by atoms with E-state index >= 15 is 0 Å². The van der Waals surface area contributed by atoms with Crippen molar-refractivity contribution in [2.24, 2.45) is 5.92 Å². The maximum atomic E-state index is 12.7. The highest BCUT2D eigenvalue weighted by Crippen LogP contribution is 2.44. The van der Waals surface area contributed by atoms with Crippen LogP contribution >= 0.6 is 0 Å². The van der Waals surface area contributed by atoms with E-state index in [9.17, 15) is 4.79 Å². The van der Waals surface area contributed by atoms with Crippen molar-refractivity contribution in [3.8, 4) is 0 Å². The number of rotatable bonds is 4. The van der Waals surface area contributed by atoms with Crippen LogP contribution in [0, 0.1) is 5.92 Å². The monoisotopic (exact) mass is 266 g/mol. The van der Waals surface area contributed by atoms with Crippen LogP contribution in [0.3, 0.4) is 0 Å². The molecule has 2 aliphatic heterocycles. The maximum Gasteiger partial charge on any atom is 0.244 e. The zero-order valence-corrected chi connectivity index (χ0v) is 12.2. The van der Waals surface area contributed by atoms with Crippen molar-refractivity contribution in [2.45, 2.75) is 70.1 Å². The molecule has 1 saturated carbocycles. The van der Waals surface area contributed by atoms with Crippen LogP contribution in [0.4, 0.5) is 0 Å². The van der Waals surface area contributed by atoms with Crippen molar-refractivity contribution in [2.75, 3.05) is 13.2 Å². The van der Waals surface area contributed by atoms with Crippen LogP contribution in [0.2, 0.25) is 0 Å². The third-order valence-corrected chi connectivity index (χ3v) is 5.12. The third-order valence-electron chi connectivity index (χ3n) is 5.12. The second-order valence-corrected chi connectivity index (χ2v) is 6.43. The van der Waals surface area contributed by atoms with Crippen LogP contribution in [0.25, 0.3) is 0 Å². The Morgan fingerprint density at radius 3 is 2.68 bits per heavy atom. The van der Waals surface area contributed by atoms with Crippen LogP contribution in [-0.2, 0) is 9.53 Å². The number of nitrogens with zero attached hydrogens (tertiary/aromatic N) is 1. The average molecular weight is 266 g/mol. The van der Waals surface area contributed by atoms with Gasteiger partial charge in [-0.05, 0) is 44.9 Å². The van der Waals surface area contributed by atoms with Crippen molar-refractivity contribution >= 4 is 5.91 Å². The topological polar surface area (TPSA) is 41.6 Å². The molecule has 2 saturated heterocycles. The van der Waals surface area contributed by atoms with E-state index in [4.69, 9.17) is 4.74 Å². The number of carbonyl (C=O) groups excluding carboxylic acids is 1. The first-order valence-electron chi connectivity index (χ1n) is 7.86. The van der Waals surface area contributed by atoms with Crippen molar-refractivity contribution < 1.29 is 9.53 Å². The molecule has 2 unspecified atom stereocenters. The summed E-state index contributed by atoms with van der Waals surface area (Å²) in [5.41, 5.74) is -0.167. The predicted octanol–water partition coefficient (Wildman–Crippen LogP) is 1.89. The minimum Gasteiger partial charge on any atom is -0.381 e. The van der Waals surface area contributed by atoms with Gasteiger partial charge < -0.3 is 9.64 Å². The second kappa shape index (κ2) is 5.06. The van der Waals surface area contributed by atoms with Crippen molar-refractivity contribution in [3.63, 3.8) is 0 Å². The number of hydrogen-bond donors (Lipinski definition) is 1. The minimum absolute atomic E-state index is 0.167. The van der Waals surface area contributed by atoms with E-state index in [1.807, 2.05) is 0 Å². The van der Waals surface area contributed by atoms with Crippen LogP contribution in [0.1, 0.15) is 52.4 Å². The van der Waals surface area contributed by atoms with Crippen molar-refractivity contribution in [1.82, 2.24) is 10.2 Å². The SMILES string of the molecule is CCCC1NC2(CC2)C(=O)N1C(C)C1CCOCC1. The summed E-state index contributed by atoms with van der Waals surface area (Å²) < 4.78 is 5.45. The molecule has 1 amide bonds. The van der Waals surface area contributed by atoms with Gasteiger partial charge in [-0.1, -0.05) is 13.3 Å².